The van der Waals surface area contributed by atoms with Gasteiger partial charge in [0.2, 0.25) is 0 Å². The van der Waals surface area contributed by atoms with Crippen LogP contribution in [0.2, 0.25) is 0 Å². The van der Waals surface area contributed by atoms with Crippen molar-refractivity contribution in [2.24, 2.45) is 0 Å². The van der Waals surface area contributed by atoms with Gasteiger partial charge in [0.05, 0.1) is 17.4 Å². The van der Waals surface area contributed by atoms with Crippen LogP contribution in [0.5, 0.6) is 11.5 Å². The number of carbonyl (C=O) groups excluding carboxylic acids is 1. The lowest BCUT2D eigenvalue weighted by Crippen LogP contribution is -2.21. The lowest BCUT2D eigenvalue weighted by Gasteiger charge is -2.13. The number of benzene rings is 2. The molecule has 3 aromatic rings. The Balaban J connectivity index is 1.69. The molecule has 2 aromatic carbocycles. The Bertz CT molecular complexity index is 940. The van der Waals surface area contributed by atoms with Gasteiger partial charge >= 0.3 is 6.18 Å². The largest absolute Gasteiger partial charge is 0.494 e. The first-order valence-electron chi connectivity index (χ1n) is 7.41. The third-order valence-corrected chi connectivity index (χ3v) is 4.34. The van der Waals surface area contributed by atoms with Gasteiger partial charge in [0, 0.05) is 0 Å². The normalized spacial score (nSPS) is 11.4. The second-order valence-corrected chi connectivity index (χ2v) is 6.19. The fourth-order valence-corrected chi connectivity index (χ4v) is 3.17. The number of amides is 1. The summed E-state index contributed by atoms with van der Waals surface area (Å²) in [7, 11) is 1.51. The van der Waals surface area contributed by atoms with Gasteiger partial charge in [-0.3, -0.25) is 10.1 Å². The molecule has 3 rings (SSSR count). The molecule has 0 spiro atoms. The first-order chi connectivity index (χ1) is 12.4. The lowest BCUT2D eigenvalue weighted by atomic mass is 10.2. The molecule has 0 aliphatic rings. The number of thiazole rings is 1. The van der Waals surface area contributed by atoms with Crippen LogP contribution in [-0.2, 0) is 11.0 Å². The number of fused-ring (bicyclic) bond motifs is 1. The number of carbonyl (C=O) groups is 1. The maximum atomic E-state index is 12.9. The van der Waals surface area contributed by atoms with Crippen molar-refractivity contribution in [3.05, 3.63) is 48.0 Å². The van der Waals surface area contributed by atoms with E-state index < -0.39 is 30.0 Å². The molecule has 0 atom stereocenters. The molecule has 0 unspecified atom stereocenters. The molecule has 1 aromatic heterocycles. The molecule has 0 bridgehead atoms. The number of halogens is 3. The van der Waals surface area contributed by atoms with E-state index in [1.165, 1.54) is 36.6 Å². The summed E-state index contributed by atoms with van der Waals surface area (Å²) in [6.45, 7) is -0.569. The molecule has 0 fully saturated rings. The van der Waals surface area contributed by atoms with Crippen molar-refractivity contribution in [2.75, 3.05) is 19.0 Å². The standard InChI is InChI=1S/C17H13F3N2O3S/c1-24-12-7-4-8-13-15(12)22-16(26-13)21-14(23)9-25-11-6-3-2-5-10(11)17(18,19)20/h2-8H,9H2,1H3,(H,21,22,23). The third-order valence-electron chi connectivity index (χ3n) is 3.40. The van der Waals surface area contributed by atoms with Gasteiger partial charge in [0.1, 0.15) is 17.0 Å². The summed E-state index contributed by atoms with van der Waals surface area (Å²) in [5, 5.41) is 2.83. The molecule has 0 aliphatic heterocycles. The Labute approximate surface area is 150 Å². The van der Waals surface area contributed by atoms with Gasteiger partial charge in [-0.15, -0.1) is 0 Å². The van der Waals surface area contributed by atoms with Crippen LogP contribution in [0.3, 0.4) is 0 Å². The summed E-state index contributed by atoms with van der Waals surface area (Å²) < 4.78 is 49.8. The highest BCUT2D eigenvalue weighted by Crippen LogP contribution is 2.36. The lowest BCUT2D eigenvalue weighted by molar-refractivity contribution is -0.139. The van der Waals surface area contributed by atoms with Gasteiger partial charge in [-0.2, -0.15) is 13.2 Å². The maximum Gasteiger partial charge on any atom is 0.419 e. The first-order valence-corrected chi connectivity index (χ1v) is 8.22. The summed E-state index contributed by atoms with van der Waals surface area (Å²) >= 11 is 1.23. The number of nitrogens with one attached hydrogen (secondary N) is 1. The Morgan fingerprint density at radius 1 is 1.15 bits per heavy atom. The van der Waals surface area contributed by atoms with Crippen LogP contribution >= 0.6 is 11.3 Å². The number of anilines is 1. The molecule has 26 heavy (non-hydrogen) atoms. The fraction of sp³-hybridized carbons (Fsp3) is 0.176. The minimum Gasteiger partial charge on any atom is -0.494 e. The highest BCUT2D eigenvalue weighted by atomic mass is 32.1. The average molecular weight is 382 g/mol. The molecule has 5 nitrogen and oxygen atoms in total. The van der Waals surface area contributed by atoms with E-state index in [0.717, 1.165) is 10.8 Å². The zero-order valence-corrected chi connectivity index (χ0v) is 14.3. The van der Waals surface area contributed by atoms with E-state index >= 15 is 0 Å². The van der Waals surface area contributed by atoms with Crippen molar-refractivity contribution in [1.29, 1.82) is 0 Å². The highest BCUT2D eigenvalue weighted by molar-refractivity contribution is 7.22. The predicted octanol–water partition coefficient (Wildman–Crippen LogP) is 4.34. The van der Waals surface area contributed by atoms with Gasteiger partial charge in [0.25, 0.3) is 5.91 Å². The van der Waals surface area contributed by atoms with Crippen LogP contribution in [0.25, 0.3) is 10.2 Å². The van der Waals surface area contributed by atoms with E-state index in [4.69, 9.17) is 9.47 Å². The number of para-hydroxylation sites is 2. The molecular weight excluding hydrogens is 369 g/mol. The fourth-order valence-electron chi connectivity index (χ4n) is 2.27. The summed E-state index contributed by atoms with van der Waals surface area (Å²) in [5.74, 6) is -0.448. The molecule has 136 valence electrons. The Hall–Kier alpha value is -2.81. The SMILES string of the molecule is COc1cccc2sc(NC(=O)COc3ccccc3C(F)(F)F)nc12. The van der Waals surface area contributed by atoms with Crippen molar-refractivity contribution in [3.63, 3.8) is 0 Å². The average Bonchev–Trinajstić information content (AvgIpc) is 3.01. The number of methoxy groups -OCH3 is 1. The van der Waals surface area contributed by atoms with E-state index in [2.05, 4.69) is 10.3 Å². The summed E-state index contributed by atoms with van der Waals surface area (Å²) in [5.41, 5.74) is -0.337. The zero-order chi connectivity index (χ0) is 18.7. The van der Waals surface area contributed by atoms with Gasteiger partial charge in [-0.1, -0.05) is 29.5 Å². The van der Waals surface area contributed by atoms with Crippen molar-refractivity contribution < 1.29 is 27.4 Å². The molecular formula is C17H13F3N2O3S. The van der Waals surface area contributed by atoms with Crippen LogP contribution in [0, 0.1) is 0 Å². The minimum absolute atomic E-state index is 0.308. The maximum absolute atomic E-state index is 12.9. The molecule has 0 aliphatic carbocycles. The van der Waals surface area contributed by atoms with Crippen LogP contribution in [0.4, 0.5) is 18.3 Å². The third kappa shape index (κ3) is 3.88. The number of hydrogen-bond acceptors (Lipinski definition) is 5. The van der Waals surface area contributed by atoms with Crippen molar-refractivity contribution in [3.8, 4) is 11.5 Å². The minimum atomic E-state index is -4.56. The quantitative estimate of drug-likeness (QED) is 0.713. The molecule has 1 amide bonds. The Morgan fingerprint density at radius 3 is 2.62 bits per heavy atom. The van der Waals surface area contributed by atoms with Crippen LogP contribution in [-0.4, -0.2) is 24.6 Å². The molecule has 0 saturated heterocycles. The van der Waals surface area contributed by atoms with Crippen LogP contribution in [0.15, 0.2) is 42.5 Å². The summed E-state index contributed by atoms with van der Waals surface area (Å²) in [6, 6.07) is 10.1. The van der Waals surface area contributed by atoms with Crippen molar-refractivity contribution in [1.82, 2.24) is 4.98 Å². The van der Waals surface area contributed by atoms with Gasteiger partial charge in [0.15, 0.2) is 11.7 Å². The number of nitrogens with zero attached hydrogens (tertiary/aromatic N) is 1. The summed E-state index contributed by atoms with van der Waals surface area (Å²) in [4.78, 5) is 16.3. The van der Waals surface area contributed by atoms with Crippen LogP contribution < -0.4 is 14.8 Å². The van der Waals surface area contributed by atoms with Crippen LogP contribution in [0.1, 0.15) is 5.56 Å². The van der Waals surface area contributed by atoms with E-state index in [0.29, 0.717) is 16.4 Å². The number of rotatable bonds is 5. The number of ether oxygens (including phenoxy) is 2. The molecule has 0 radical (unpaired) electrons. The Kier molecular flexibility index (Phi) is 4.99. The Morgan fingerprint density at radius 2 is 1.88 bits per heavy atom. The highest BCUT2D eigenvalue weighted by Gasteiger charge is 2.34. The number of hydrogen-bond donors (Lipinski definition) is 1. The second kappa shape index (κ2) is 7.20. The number of alkyl halides is 3. The molecule has 0 saturated carbocycles. The van der Waals surface area contributed by atoms with E-state index in [9.17, 15) is 18.0 Å². The van der Waals surface area contributed by atoms with Crippen molar-refractivity contribution in [2.45, 2.75) is 6.18 Å². The van der Waals surface area contributed by atoms with E-state index in [-0.39, 0.29) is 0 Å². The topological polar surface area (TPSA) is 60.5 Å². The van der Waals surface area contributed by atoms with Gasteiger partial charge in [-0.05, 0) is 24.3 Å². The molecule has 1 N–H and O–H groups in total. The predicted molar refractivity (Wildman–Crippen MR) is 91.7 cm³/mol. The second-order valence-electron chi connectivity index (χ2n) is 5.16. The summed E-state index contributed by atoms with van der Waals surface area (Å²) in [6.07, 6.45) is -4.56. The number of aromatic nitrogens is 1. The first kappa shape index (κ1) is 18.0. The van der Waals surface area contributed by atoms with Gasteiger partial charge in [-0.25, -0.2) is 4.98 Å². The van der Waals surface area contributed by atoms with E-state index in [1.807, 2.05) is 6.07 Å². The monoisotopic (exact) mass is 382 g/mol. The van der Waals surface area contributed by atoms with Gasteiger partial charge < -0.3 is 9.47 Å². The smallest absolute Gasteiger partial charge is 0.419 e. The molecule has 1 heterocycles. The molecule has 9 heteroatoms. The van der Waals surface area contributed by atoms with E-state index in [1.54, 1.807) is 12.1 Å². The zero-order valence-electron chi connectivity index (χ0n) is 13.5. The van der Waals surface area contributed by atoms with Crippen molar-refractivity contribution >= 4 is 32.6 Å².